The van der Waals surface area contributed by atoms with Crippen LogP contribution in [-0.2, 0) is 4.79 Å². The first-order chi connectivity index (χ1) is 8.70. The lowest BCUT2D eigenvalue weighted by atomic mass is 9.71. The molecule has 18 heavy (non-hydrogen) atoms. The zero-order chi connectivity index (χ0) is 13.0. The van der Waals surface area contributed by atoms with Gasteiger partial charge in [0.05, 0.1) is 5.92 Å². The van der Waals surface area contributed by atoms with Crippen LogP contribution in [0.5, 0.6) is 0 Å². The third kappa shape index (κ3) is 3.47. The molecule has 3 heteroatoms. The number of aliphatic carboxylic acids is 1. The number of hydrogen-bond acceptors (Lipinski definition) is 2. The number of carbonyl (C=O) groups is 1. The molecule has 1 saturated carbocycles. The molecule has 2 unspecified atom stereocenters. The lowest BCUT2D eigenvalue weighted by Crippen LogP contribution is -2.43. The fourth-order valence-electron chi connectivity index (χ4n) is 3.88. The summed E-state index contributed by atoms with van der Waals surface area (Å²) < 4.78 is 0. The maximum Gasteiger partial charge on any atom is 0.307 e. The van der Waals surface area contributed by atoms with Crippen molar-refractivity contribution in [2.45, 2.75) is 51.9 Å². The van der Waals surface area contributed by atoms with Crippen LogP contribution in [0, 0.1) is 23.7 Å². The first-order valence-electron chi connectivity index (χ1n) is 7.64. The van der Waals surface area contributed by atoms with Gasteiger partial charge < -0.3 is 10.4 Å². The van der Waals surface area contributed by atoms with Crippen molar-refractivity contribution < 1.29 is 9.90 Å². The molecular weight excluding hydrogens is 226 g/mol. The zero-order valence-corrected chi connectivity index (χ0v) is 11.5. The van der Waals surface area contributed by atoms with Gasteiger partial charge in [-0.2, -0.15) is 0 Å². The van der Waals surface area contributed by atoms with E-state index >= 15 is 0 Å². The van der Waals surface area contributed by atoms with Crippen LogP contribution in [-0.4, -0.2) is 24.2 Å². The Bertz CT molecular complexity index is 272. The highest BCUT2D eigenvalue weighted by Gasteiger charge is 2.33. The number of piperidine rings is 1. The summed E-state index contributed by atoms with van der Waals surface area (Å²) in [6.45, 7) is 3.97. The van der Waals surface area contributed by atoms with E-state index in [0.717, 1.165) is 24.8 Å². The number of carboxylic acids is 1. The normalized spacial score (nSPS) is 37.4. The topological polar surface area (TPSA) is 49.3 Å². The van der Waals surface area contributed by atoms with Gasteiger partial charge in [-0.25, -0.2) is 0 Å². The van der Waals surface area contributed by atoms with E-state index in [2.05, 4.69) is 12.2 Å². The summed E-state index contributed by atoms with van der Waals surface area (Å²) in [4.78, 5) is 11.1. The molecule has 0 spiro atoms. The Morgan fingerprint density at radius 3 is 2.50 bits per heavy atom. The standard InChI is InChI=1S/C15H27NO2/c1-2-3-11-4-6-12(7-5-11)13-8-14(15(17)18)10-16-9-13/h11-14,16H,2-10H2,1H3,(H,17,18). The van der Waals surface area contributed by atoms with Gasteiger partial charge in [-0.15, -0.1) is 0 Å². The molecule has 0 aromatic rings. The first kappa shape index (κ1) is 13.9. The predicted molar refractivity (Wildman–Crippen MR) is 72.5 cm³/mol. The third-order valence-corrected chi connectivity index (χ3v) is 4.99. The molecule has 2 rings (SSSR count). The maximum atomic E-state index is 11.1. The summed E-state index contributed by atoms with van der Waals surface area (Å²) in [5, 5.41) is 12.4. The molecule has 3 nitrogen and oxygen atoms in total. The van der Waals surface area contributed by atoms with E-state index in [9.17, 15) is 4.79 Å². The lowest BCUT2D eigenvalue weighted by molar-refractivity contribution is -0.143. The van der Waals surface area contributed by atoms with Crippen LogP contribution < -0.4 is 5.32 Å². The van der Waals surface area contributed by atoms with Crippen LogP contribution in [0.3, 0.4) is 0 Å². The van der Waals surface area contributed by atoms with Gasteiger partial charge in [-0.1, -0.05) is 32.6 Å². The summed E-state index contributed by atoms with van der Waals surface area (Å²) in [5.41, 5.74) is 0. The van der Waals surface area contributed by atoms with Crippen molar-refractivity contribution in [2.24, 2.45) is 23.7 Å². The van der Waals surface area contributed by atoms with Gasteiger partial charge in [0.1, 0.15) is 0 Å². The Morgan fingerprint density at radius 1 is 1.17 bits per heavy atom. The average molecular weight is 253 g/mol. The molecule has 1 heterocycles. The molecule has 2 N–H and O–H groups in total. The summed E-state index contributed by atoms with van der Waals surface area (Å²) in [6.07, 6.45) is 8.96. The first-order valence-corrected chi connectivity index (χ1v) is 7.64. The van der Waals surface area contributed by atoms with Crippen molar-refractivity contribution in [2.75, 3.05) is 13.1 Å². The Balaban J connectivity index is 1.80. The van der Waals surface area contributed by atoms with Crippen molar-refractivity contribution in [3.8, 4) is 0 Å². The van der Waals surface area contributed by atoms with Crippen molar-refractivity contribution >= 4 is 5.97 Å². The fourth-order valence-corrected chi connectivity index (χ4v) is 3.88. The maximum absolute atomic E-state index is 11.1. The second-order valence-corrected chi connectivity index (χ2v) is 6.26. The molecular formula is C15H27NO2. The van der Waals surface area contributed by atoms with E-state index in [0.29, 0.717) is 12.5 Å². The minimum atomic E-state index is -0.619. The van der Waals surface area contributed by atoms with Crippen LogP contribution >= 0.6 is 0 Å². The Kier molecular flexibility index (Phi) is 5.04. The summed E-state index contributed by atoms with van der Waals surface area (Å²) >= 11 is 0. The van der Waals surface area contributed by atoms with Crippen LogP contribution in [0.1, 0.15) is 51.9 Å². The zero-order valence-electron chi connectivity index (χ0n) is 11.5. The monoisotopic (exact) mass is 253 g/mol. The summed E-state index contributed by atoms with van der Waals surface area (Å²) in [5.74, 6) is 1.54. The summed E-state index contributed by atoms with van der Waals surface area (Å²) in [7, 11) is 0. The SMILES string of the molecule is CCCC1CCC(C2CNCC(C(=O)O)C2)CC1. The van der Waals surface area contributed by atoms with Gasteiger partial charge >= 0.3 is 5.97 Å². The van der Waals surface area contributed by atoms with Crippen molar-refractivity contribution in [3.05, 3.63) is 0 Å². The molecule has 104 valence electrons. The van der Waals surface area contributed by atoms with Gasteiger partial charge in [0, 0.05) is 6.54 Å². The largest absolute Gasteiger partial charge is 0.481 e. The highest BCUT2D eigenvalue weighted by Crippen LogP contribution is 2.38. The fraction of sp³-hybridized carbons (Fsp3) is 0.933. The Hall–Kier alpha value is -0.570. The van der Waals surface area contributed by atoms with E-state index in [1.807, 2.05) is 0 Å². The van der Waals surface area contributed by atoms with Gasteiger partial charge in [0.2, 0.25) is 0 Å². The Morgan fingerprint density at radius 2 is 1.89 bits per heavy atom. The molecule has 1 aliphatic carbocycles. The number of hydrogen-bond donors (Lipinski definition) is 2. The molecule has 1 aliphatic heterocycles. The van der Waals surface area contributed by atoms with Crippen LogP contribution in [0.2, 0.25) is 0 Å². The molecule has 2 atom stereocenters. The minimum Gasteiger partial charge on any atom is -0.481 e. The minimum absolute atomic E-state index is 0.155. The molecule has 1 saturated heterocycles. The highest BCUT2D eigenvalue weighted by atomic mass is 16.4. The molecule has 0 aromatic carbocycles. The van der Waals surface area contributed by atoms with E-state index in [1.165, 1.54) is 38.5 Å². The van der Waals surface area contributed by atoms with Gasteiger partial charge in [0.15, 0.2) is 0 Å². The molecule has 0 bridgehead atoms. The van der Waals surface area contributed by atoms with E-state index in [4.69, 9.17) is 5.11 Å². The average Bonchev–Trinajstić information content (AvgIpc) is 2.40. The van der Waals surface area contributed by atoms with Gasteiger partial charge in [-0.3, -0.25) is 4.79 Å². The molecule has 0 radical (unpaired) electrons. The lowest BCUT2D eigenvalue weighted by Gasteiger charge is -2.37. The van der Waals surface area contributed by atoms with Crippen LogP contribution in [0.25, 0.3) is 0 Å². The van der Waals surface area contributed by atoms with E-state index in [1.54, 1.807) is 0 Å². The van der Waals surface area contributed by atoms with Gasteiger partial charge in [0.25, 0.3) is 0 Å². The quantitative estimate of drug-likeness (QED) is 0.810. The van der Waals surface area contributed by atoms with Crippen molar-refractivity contribution in [1.82, 2.24) is 5.32 Å². The van der Waals surface area contributed by atoms with Gasteiger partial charge in [-0.05, 0) is 43.6 Å². The summed E-state index contributed by atoms with van der Waals surface area (Å²) in [6, 6.07) is 0. The van der Waals surface area contributed by atoms with E-state index in [-0.39, 0.29) is 5.92 Å². The van der Waals surface area contributed by atoms with Crippen molar-refractivity contribution in [1.29, 1.82) is 0 Å². The molecule has 0 aromatic heterocycles. The van der Waals surface area contributed by atoms with Crippen molar-refractivity contribution in [3.63, 3.8) is 0 Å². The second-order valence-electron chi connectivity index (χ2n) is 6.26. The number of nitrogens with one attached hydrogen (secondary N) is 1. The number of carboxylic acid groups (broad SMARTS) is 1. The molecule has 2 aliphatic rings. The second kappa shape index (κ2) is 6.55. The third-order valence-electron chi connectivity index (χ3n) is 4.99. The highest BCUT2D eigenvalue weighted by molar-refractivity contribution is 5.70. The van der Waals surface area contributed by atoms with Crippen LogP contribution in [0.15, 0.2) is 0 Å². The smallest absolute Gasteiger partial charge is 0.307 e. The van der Waals surface area contributed by atoms with E-state index < -0.39 is 5.97 Å². The molecule has 2 fully saturated rings. The van der Waals surface area contributed by atoms with Crippen LogP contribution in [0.4, 0.5) is 0 Å². The molecule has 0 amide bonds. The predicted octanol–water partition coefficient (Wildman–Crippen LogP) is 2.90. The Labute approximate surface area is 110 Å². The number of rotatable bonds is 4.